The molecule has 4 nitrogen and oxygen atoms in total. The Morgan fingerprint density at radius 1 is 1.03 bits per heavy atom. The number of carbonyl (C=O) groups is 1. The standard InChI is InChI=1S/C33H33NO3/c1-20(2)15-16-22(4)29-24(6)31-27-14-10-11-21(3)30(27)33(37)34(19-25-12-8-7-9-13-25)32(31)23(5)17-26(29)18-28(35)36/h7-16H,1,4,17-19H2,2-3,5-6H3,(H,35,36)/b16-15-. The highest BCUT2D eigenvalue weighted by Crippen LogP contribution is 2.31. The highest BCUT2D eigenvalue weighted by Gasteiger charge is 2.22. The second-order valence-electron chi connectivity index (χ2n) is 9.93. The van der Waals surface area contributed by atoms with Crippen LogP contribution in [0.4, 0.5) is 0 Å². The molecular formula is C33H33NO3. The first-order valence-corrected chi connectivity index (χ1v) is 12.4. The van der Waals surface area contributed by atoms with Gasteiger partial charge in [0.2, 0.25) is 0 Å². The molecule has 0 spiro atoms. The van der Waals surface area contributed by atoms with Gasteiger partial charge in [-0.05, 0) is 78.5 Å². The number of carboxylic acids is 1. The maximum absolute atomic E-state index is 14.0. The first-order chi connectivity index (χ1) is 17.6. The van der Waals surface area contributed by atoms with Crippen LogP contribution in [0.3, 0.4) is 0 Å². The number of fused-ring (bicyclic) bond motifs is 3. The summed E-state index contributed by atoms with van der Waals surface area (Å²) in [4.78, 5) is 26.0. The summed E-state index contributed by atoms with van der Waals surface area (Å²) in [7, 11) is 0. The normalized spacial score (nSPS) is 13.7. The van der Waals surface area contributed by atoms with E-state index in [-0.39, 0.29) is 12.0 Å². The molecule has 1 aliphatic rings. The molecule has 0 saturated carbocycles. The van der Waals surface area contributed by atoms with Crippen LogP contribution in [0.5, 0.6) is 0 Å². The lowest BCUT2D eigenvalue weighted by molar-refractivity contribution is -0.136. The summed E-state index contributed by atoms with van der Waals surface area (Å²) < 4.78 is 1.87. The van der Waals surface area contributed by atoms with Crippen molar-refractivity contribution in [1.29, 1.82) is 0 Å². The SMILES string of the molecule is C=C(C)/C=C\C(=C)C1=C(CC(=O)O)CC(C)=c2c(c3cccc(C)c3c(=O)n2Cc2ccccc2)=C1C. The molecule has 0 aliphatic heterocycles. The van der Waals surface area contributed by atoms with Crippen LogP contribution in [0.15, 0.2) is 101 Å². The predicted molar refractivity (Wildman–Crippen MR) is 153 cm³/mol. The van der Waals surface area contributed by atoms with Crippen LogP contribution >= 0.6 is 0 Å². The molecule has 0 saturated heterocycles. The number of aryl methyl sites for hydroxylation is 1. The average molecular weight is 492 g/mol. The molecule has 4 rings (SSSR count). The fraction of sp³-hybridized carbons (Fsp3) is 0.212. The molecule has 2 aromatic carbocycles. The fourth-order valence-corrected chi connectivity index (χ4v) is 5.41. The smallest absolute Gasteiger partial charge is 0.307 e. The lowest BCUT2D eigenvalue weighted by atomic mass is 9.89. The van der Waals surface area contributed by atoms with E-state index in [2.05, 4.69) is 13.2 Å². The van der Waals surface area contributed by atoms with Crippen LogP contribution in [-0.4, -0.2) is 15.6 Å². The molecule has 0 amide bonds. The van der Waals surface area contributed by atoms with Gasteiger partial charge in [0.25, 0.3) is 5.56 Å². The van der Waals surface area contributed by atoms with Crippen molar-refractivity contribution < 1.29 is 9.90 Å². The van der Waals surface area contributed by atoms with Gasteiger partial charge < -0.3 is 9.67 Å². The third-order valence-electron chi connectivity index (χ3n) is 6.93. The molecule has 0 atom stereocenters. The number of nitrogens with zero attached hydrogens (tertiary/aromatic N) is 1. The van der Waals surface area contributed by atoms with Gasteiger partial charge >= 0.3 is 5.97 Å². The molecule has 1 heterocycles. The van der Waals surface area contributed by atoms with Gasteiger partial charge in [-0.15, -0.1) is 0 Å². The van der Waals surface area contributed by atoms with Gasteiger partial charge in [0.1, 0.15) is 0 Å². The van der Waals surface area contributed by atoms with Crippen LogP contribution in [0.1, 0.15) is 44.7 Å². The van der Waals surface area contributed by atoms with E-state index < -0.39 is 5.97 Å². The predicted octanol–water partition coefficient (Wildman–Crippen LogP) is 5.56. The fourth-order valence-electron chi connectivity index (χ4n) is 5.41. The molecular weight excluding hydrogens is 458 g/mol. The van der Waals surface area contributed by atoms with E-state index in [9.17, 15) is 14.7 Å². The second-order valence-corrected chi connectivity index (χ2v) is 9.93. The Labute approximate surface area is 217 Å². The van der Waals surface area contributed by atoms with E-state index in [1.807, 2.05) is 92.9 Å². The molecule has 4 heteroatoms. The van der Waals surface area contributed by atoms with Crippen molar-refractivity contribution in [3.63, 3.8) is 0 Å². The molecule has 1 aliphatic carbocycles. The van der Waals surface area contributed by atoms with Gasteiger partial charge in [0, 0.05) is 5.22 Å². The van der Waals surface area contributed by atoms with E-state index in [4.69, 9.17) is 0 Å². The van der Waals surface area contributed by atoms with Gasteiger partial charge in [-0.2, -0.15) is 0 Å². The molecule has 0 fully saturated rings. The van der Waals surface area contributed by atoms with Crippen LogP contribution in [0.2, 0.25) is 0 Å². The van der Waals surface area contributed by atoms with E-state index in [0.29, 0.717) is 18.4 Å². The molecule has 1 aromatic heterocycles. The Balaban J connectivity index is 2.21. The highest BCUT2D eigenvalue weighted by atomic mass is 16.4. The van der Waals surface area contributed by atoms with Gasteiger partial charge in [0.05, 0.1) is 23.7 Å². The average Bonchev–Trinajstić information content (AvgIpc) is 2.94. The van der Waals surface area contributed by atoms with Gasteiger partial charge in [-0.1, -0.05) is 79.4 Å². The number of hydrogen-bond acceptors (Lipinski definition) is 2. The lowest BCUT2D eigenvalue weighted by Gasteiger charge is -2.16. The summed E-state index contributed by atoms with van der Waals surface area (Å²) in [6.07, 6.45) is 4.13. The Morgan fingerprint density at radius 2 is 1.73 bits per heavy atom. The minimum atomic E-state index is -0.891. The minimum absolute atomic E-state index is 0.0351. The monoisotopic (exact) mass is 491 g/mol. The summed E-state index contributed by atoms with van der Waals surface area (Å²) in [5.74, 6) is -0.891. The van der Waals surface area contributed by atoms with E-state index in [1.54, 1.807) is 0 Å². The summed E-state index contributed by atoms with van der Waals surface area (Å²) in [5.41, 5.74) is 7.05. The molecule has 1 N–H and O–H groups in total. The Kier molecular flexibility index (Phi) is 7.30. The number of rotatable bonds is 7. The van der Waals surface area contributed by atoms with E-state index >= 15 is 0 Å². The number of pyridine rings is 1. The lowest BCUT2D eigenvalue weighted by Crippen LogP contribution is -2.46. The Morgan fingerprint density at radius 3 is 2.38 bits per heavy atom. The second kappa shape index (κ2) is 10.4. The molecule has 37 heavy (non-hydrogen) atoms. The van der Waals surface area contributed by atoms with Gasteiger partial charge in [-0.25, -0.2) is 0 Å². The third-order valence-corrected chi connectivity index (χ3v) is 6.93. The molecule has 0 bridgehead atoms. The topological polar surface area (TPSA) is 59.3 Å². The summed E-state index contributed by atoms with van der Waals surface area (Å²) in [6, 6.07) is 15.9. The molecule has 188 valence electrons. The van der Waals surface area contributed by atoms with Gasteiger partial charge in [-0.3, -0.25) is 9.59 Å². The van der Waals surface area contributed by atoms with Crippen LogP contribution < -0.4 is 16.1 Å². The number of aliphatic carboxylic acids is 1. The van der Waals surface area contributed by atoms with Gasteiger partial charge in [0.15, 0.2) is 0 Å². The summed E-state index contributed by atoms with van der Waals surface area (Å²) in [6.45, 7) is 16.6. The zero-order valence-corrected chi connectivity index (χ0v) is 22.0. The van der Waals surface area contributed by atoms with Crippen molar-refractivity contribution in [1.82, 2.24) is 4.57 Å². The van der Waals surface area contributed by atoms with Crippen molar-refractivity contribution in [2.24, 2.45) is 0 Å². The quantitative estimate of drug-likeness (QED) is 0.440. The highest BCUT2D eigenvalue weighted by molar-refractivity contribution is 5.91. The summed E-state index contributed by atoms with van der Waals surface area (Å²) in [5, 5.41) is 13.2. The molecule has 0 radical (unpaired) electrons. The molecule has 0 unspecified atom stereocenters. The van der Waals surface area contributed by atoms with Crippen molar-refractivity contribution in [2.45, 2.75) is 47.1 Å². The van der Waals surface area contributed by atoms with Crippen LogP contribution in [0.25, 0.3) is 21.9 Å². The number of aromatic nitrogens is 1. The first-order valence-electron chi connectivity index (χ1n) is 12.4. The Hall–Kier alpha value is -4.18. The zero-order chi connectivity index (χ0) is 26.9. The number of carboxylic acid groups (broad SMARTS) is 1. The van der Waals surface area contributed by atoms with Crippen molar-refractivity contribution in [3.8, 4) is 0 Å². The van der Waals surface area contributed by atoms with Crippen molar-refractivity contribution >= 4 is 27.9 Å². The molecule has 3 aromatic rings. The number of benzene rings is 2. The number of allylic oxidation sites excluding steroid dienone is 5. The largest absolute Gasteiger partial charge is 0.481 e. The maximum Gasteiger partial charge on any atom is 0.307 e. The first kappa shape index (κ1) is 25.9. The maximum atomic E-state index is 14.0. The van der Waals surface area contributed by atoms with Crippen molar-refractivity contribution in [2.75, 3.05) is 0 Å². The summed E-state index contributed by atoms with van der Waals surface area (Å²) >= 11 is 0. The third kappa shape index (κ3) is 5.05. The number of hydrogen-bond donors (Lipinski definition) is 1. The van der Waals surface area contributed by atoms with Crippen LogP contribution in [0, 0.1) is 6.92 Å². The van der Waals surface area contributed by atoms with Crippen molar-refractivity contribution in [3.05, 3.63) is 128 Å². The van der Waals surface area contributed by atoms with E-state index in [0.717, 1.165) is 60.5 Å². The van der Waals surface area contributed by atoms with E-state index in [1.165, 1.54) is 0 Å². The van der Waals surface area contributed by atoms with Crippen LogP contribution in [-0.2, 0) is 11.3 Å². The Bertz CT molecular complexity index is 1700. The zero-order valence-electron chi connectivity index (χ0n) is 22.0. The minimum Gasteiger partial charge on any atom is -0.481 e.